The maximum absolute atomic E-state index is 6.39. The zero-order chi connectivity index (χ0) is 17.7. The van der Waals surface area contributed by atoms with Gasteiger partial charge in [-0.2, -0.15) is 0 Å². The fraction of sp³-hybridized carbons (Fsp3) is 0.471. The zero-order valence-corrected chi connectivity index (χ0v) is 16.5. The van der Waals surface area contributed by atoms with Gasteiger partial charge in [0.05, 0.1) is 44.9 Å². The van der Waals surface area contributed by atoms with Crippen LogP contribution < -0.4 is 4.90 Å². The molecule has 130 valence electrons. The smallest absolute Gasteiger partial charge is 0.230 e. The number of halogens is 1. The summed E-state index contributed by atoms with van der Waals surface area (Å²) in [5.41, 5.74) is 2.72. The number of aromatic nitrogens is 1. The van der Waals surface area contributed by atoms with Crippen molar-refractivity contribution in [3.63, 3.8) is 0 Å². The summed E-state index contributed by atoms with van der Waals surface area (Å²) in [6, 6.07) is 5.92. The van der Waals surface area contributed by atoms with E-state index >= 15 is 0 Å². The number of anilines is 1. The van der Waals surface area contributed by atoms with Crippen molar-refractivity contribution in [1.82, 2.24) is 4.98 Å². The summed E-state index contributed by atoms with van der Waals surface area (Å²) in [5.74, 6) is 0. The number of hydrogen-bond acceptors (Lipinski definition) is 5. The minimum Gasteiger partial charge on any atom is -0.366 e. The molecule has 7 heteroatoms. The highest BCUT2D eigenvalue weighted by molar-refractivity contribution is 7.13. The SMILES string of the molecule is CCN(CC[N+](C)(C)C)c1ccc(N=Nc2nc(C)cs2)c(Cl)c1. The zero-order valence-electron chi connectivity index (χ0n) is 15.0. The normalized spacial score (nSPS) is 12.1. The number of aryl methyl sites for hydroxylation is 1. The van der Waals surface area contributed by atoms with E-state index in [1.165, 1.54) is 11.3 Å². The van der Waals surface area contributed by atoms with E-state index in [0.29, 0.717) is 15.8 Å². The average molecular weight is 367 g/mol. The van der Waals surface area contributed by atoms with Crippen LogP contribution in [0.2, 0.25) is 5.02 Å². The number of azo groups is 1. The van der Waals surface area contributed by atoms with Gasteiger partial charge >= 0.3 is 0 Å². The van der Waals surface area contributed by atoms with E-state index in [4.69, 9.17) is 11.6 Å². The van der Waals surface area contributed by atoms with Crippen LogP contribution in [0.15, 0.2) is 33.8 Å². The van der Waals surface area contributed by atoms with Crippen molar-refractivity contribution < 1.29 is 4.48 Å². The van der Waals surface area contributed by atoms with E-state index in [0.717, 1.165) is 35.5 Å². The molecule has 1 heterocycles. The molecule has 1 aromatic carbocycles. The number of thiazole rings is 1. The van der Waals surface area contributed by atoms with Gasteiger partial charge in [0.25, 0.3) is 0 Å². The van der Waals surface area contributed by atoms with Gasteiger partial charge in [0.2, 0.25) is 5.13 Å². The molecule has 0 aliphatic rings. The molecule has 0 radical (unpaired) electrons. The Morgan fingerprint density at radius 2 is 2.00 bits per heavy atom. The average Bonchev–Trinajstić information content (AvgIpc) is 2.91. The lowest BCUT2D eigenvalue weighted by Gasteiger charge is -2.29. The van der Waals surface area contributed by atoms with Gasteiger partial charge in [-0.3, -0.25) is 0 Å². The van der Waals surface area contributed by atoms with Crippen LogP contribution in [0.1, 0.15) is 12.6 Å². The Balaban J connectivity index is 2.11. The van der Waals surface area contributed by atoms with Crippen molar-refractivity contribution in [3.05, 3.63) is 34.3 Å². The number of hydrogen-bond donors (Lipinski definition) is 0. The molecular weight excluding hydrogens is 342 g/mol. The molecule has 0 N–H and O–H groups in total. The summed E-state index contributed by atoms with van der Waals surface area (Å²) in [6.07, 6.45) is 0. The molecule has 0 aliphatic carbocycles. The molecule has 0 fully saturated rings. The van der Waals surface area contributed by atoms with Crippen molar-refractivity contribution in [3.8, 4) is 0 Å². The predicted molar refractivity (Wildman–Crippen MR) is 103 cm³/mol. The summed E-state index contributed by atoms with van der Waals surface area (Å²) in [5, 5.41) is 11.6. The third-order valence-electron chi connectivity index (χ3n) is 3.57. The number of nitrogens with zero attached hydrogens (tertiary/aromatic N) is 5. The molecule has 0 spiro atoms. The molecule has 0 saturated heterocycles. The minimum absolute atomic E-state index is 0.605. The Labute approximate surface area is 153 Å². The molecule has 24 heavy (non-hydrogen) atoms. The third-order valence-corrected chi connectivity index (χ3v) is 4.71. The molecule has 5 nitrogen and oxygen atoms in total. The molecule has 2 aromatic rings. The van der Waals surface area contributed by atoms with Gasteiger partial charge in [0.15, 0.2) is 0 Å². The Morgan fingerprint density at radius 3 is 2.54 bits per heavy atom. The lowest BCUT2D eigenvalue weighted by molar-refractivity contribution is -0.868. The second-order valence-corrected chi connectivity index (χ2v) is 7.94. The largest absolute Gasteiger partial charge is 0.366 e. The first-order chi connectivity index (χ1) is 11.3. The first-order valence-electron chi connectivity index (χ1n) is 7.97. The highest BCUT2D eigenvalue weighted by Crippen LogP contribution is 2.31. The van der Waals surface area contributed by atoms with Crippen LogP contribution in [0.3, 0.4) is 0 Å². The molecule has 0 atom stereocenters. The van der Waals surface area contributed by atoms with Crippen LogP contribution in [-0.2, 0) is 0 Å². The van der Waals surface area contributed by atoms with E-state index in [1.807, 2.05) is 30.5 Å². The van der Waals surface area contributed by atoms with Gasteiger partial charge in [-0.25, -0.2) is 4.98 Å². The number of rotatable bonds is 7. The first kappa shape index (κ1) is 18.8. The molecule has 0 bridgehead atoms. The van der Waals surface area contributed by atoms with Crippen molar-refractivity contribution in [2.45, 2.75) is 13.8 Å². The molecule has 0 unspecified atom stereocenters. The summed E-state index contributed by atoms with van der Waals surface area (Å²) in [6.45, 7) is 7.08. The quantitative estimate of drug-likeness (QED) is 0.508. The predicted octanol–water partition coefficient (Wildman–Crippen LogP) is 5.05. The van der Waals surface area contributed by atoms with E-state index < -0.39 is 0 Å². The standard InChI is InChI=1S/C17H25ClN5S/c1-6-22(9-10-23(3,4)5)14-7-8-16(15(18)11-14)20-21-17-19-13(2)12-24-17/h7-8,11-12H,6,9-10H2,1-5H3/q+1. The van der Waals surface area contributed by atoms with Gasteiger partial charge in [-0.1, -0.05) is 11.6 Å². The van der Waals surface area contributed by atoms with E-state index in [-0.39, 0.29) is 0 Å². The maximum Gasteiger partial charge on any atom is 0.230 e. The first-order valence-corrected chi connectivity index (χ1v) is 9.23. The Hall–Kier alpha value is -1.50. The fourth-order valence-electron chi connectivity index (χ4n) is 2.15. The van der Waals surface area contributed by atoms with Gasteiger partial charge in [0.1, 0.15) is 5.69 Å². The van der Waals surface area contributed by atoms with E-state index in [9.17, 15) is 0 Å². The van der Waals surface area contributed by atoms with Crippen molar-refractivity contribution in [1.29, 1.82) is 0 Å². The van der Waals surface area contributed by atoms with Crippen molar-refractivity contribution in [2.75, 3.05) is 45.7 Å². The Morgan fingerprint density at radius 1 is 1.25 bits per heavy atom. The van der Waals surface area contributed by atoms with Gasteiger partial charge in [-0.15, -0.1) is 21.6 Å². The van der Waals surface area contributed by atoms with Crippen molar-refractivity contribution >= 4 is 39.4 Å². The van der Waals surface area contributed by atoms with Crippen LogP contribution in [0, 0.1) is 6.92 Å². The van der Waals surface area contributed by atoms with Crippen LogP contribution in [0.4, 0.5) is 16.5 Å². The number of benzene rings is 1. The monoisotopic (exact) mass is 366 g/mol. The highest BCUT2D eigenvalue weighted by atomic mass is 35.5. The summed E-state index contributed by atoms with van der Waals surface area (Å²) in [7, 11) is 6.60. The lowest BCUT2D eigenvalue weighted by Crippen LogP contribution is -2.42. The third kappa shape index (κ3) is 5.54. The maximum atomic E-state index is 6.39. The second-order valence-electron chi connectivity index (χ2n) is 6.70. The van der Waals surface area contributed by atoms with Crippen molar-refractivity contribution in [2.24, 2.45) is 10.2 Å². The number of likely N-dealkylation sites (N-methyl/N-ethyl adjacent to an activating group) is 2. The van der Waals surface area contributed by atoms with Gasteiger partial charge in [-0.05, 0) is 32.0 Å². The van der Waals surface area contributed by atoms with Gasteiger partial charge in [0, 0.05) is 17.6 Å². The molecule has 0 saturated carbocycles. The lowest BCUT2D eigenvalue weighted by atomic mass is 10.2. The van der Waals surface area contributed by atoms with Crippen LogP contribution >= 0.6 is 22.9 Å². The highest BCUT2D eigenvalue weighted by Gasteiger charge is 2.12. The molecule has 0 amide bonds. The summed E-state index contributed by atoms with van der Waals surface area (Å²) < 4.78 is 0.934. The molecule has 0 aliphatic heterocycles. The van der Waals surface area contributed by atoms with E-state index in [2.05, 4.69) is 48.2 Å². The van der Waals surface area contributed by atoms with E-state index in [1.54, 1.807) is 0 Å². The molecular formula is C17H25ClN5S+. The summed E-state index contributed by atoms with van der Waals surface area (Å²) in [4.78, 5) is 6.59. The molecule has 1 aromatic heterocycles. The van der Waals surface area contributed by atoms with Gasteiger partial charge < -0.3 is 9.38 Å². The Kier molecular flexibility index (Phi) is 6.32. The second kappa shape index (κ2) is 8.05. The summed E-state index contributed by atoms with van der Waals surface area (Å²) >= 11 is 7.86. The molecule has 2 rings (SSSR count). The van der Waals surface area contributed by atoms with Crippen LogP contribution in [-0.4, -0.2) is 50.2 Å². The van der Waals surface area contributed by atoms with Crippen LogP contribution in [0.5, 0.6) is 0 Å². The van der Waals surface area contributed by atoms with Crippen LogP contribution in [0.25, 0.3) is 0 Å². The topological polar surface area (TPSA) is 40.9 Å². The Bertz CT molecular complexity index is 705. The fourth-order valence-corrected chi connectivity index (χ4v) is 2.97. The minimum atomic E-state index is 0.605. The number of quaternary nitrogens is 1.